The van der Waals surface area contributed by atoms with Gasteiger partial charge >= 0.3 is 0 Å². The van der Waals surface area contributed by atoms with Crippen LogP contribution in [-0.4, -0.2) is 18.5 Å². The fraction of sp³-hybridized carbons (Fsp3) is 0.0938. The molecular weight excluding hydrogens is 416 g/mol. The number of carbonyl (C=O) groups excluding carboxylic acids is 1. The smallest absolute Gasteiger partial charge is 0.196 e. The lowest BCUT2D eigenvalue weighted by Gasteiger charge is -2.23. The summed E-state index contributed by atoms with van der Waals surface area (Å²) in [5.74, 6) is 0.0493. The van der Waals surface area contributed by atoms with E-state index in [4.69, 9.17) is 4.74 Å². The molecule has 2 nitrogen and oxygen atoms in total. The van der Waals surface area contributed by atoms with Gasteiger partial charge in [0.05, 0.1) is 0 Å². The second-order valence-corrected chi connectivity index (χ2v) is 9.41. The van der Waals surface area contributed by atoms with Crippen LogP contribution >= 0.6 is 0 Å². The van der Waals surface area contributed by atoms with Crippen molar-refractivity contribution >= 4 is 76.5 Å². The molecule has 1 aliphatic carbocycles. The largest absolute Gasteiger partial charge is 0.366 e. The van der Waals surface area contributed by atoms with Gasteiger partial charge in [0.2, 0.25) is 0 Å². The van der Waals surface area contributed by atoms with Crippen molar-refractivity contribution in [3.05, 3.63) is 90.0 Å². The number of hydrogen-bond donors (Lipinski definition) is 0. The standard InChI is InChI=1S/C32H20O2/c1-2-34-27-12-11-23-25-15-21-9-7-18-13-17-5-3-4-6-22(17)24-14-20-10-8-19(16-26(23)32(27)33)29(25)31(20)30(21)28(18)24/h3-16,27H,2H2,1H3. The fourth-order valence-electron chi connectivity index (χ4n) is 6.28. The Kier molecular flexibility index (Phi) is 3.42. The predicted molar refractivity (Wildman–Crippen MR) is 143 cm³/mol. The third-order valence-corrected chi connectivity index (χ3v) is 7.68. The minimum atomic E-state index is -0.497. The van der Waals surface area contributed by atoms with Crippen molar-refractivity contribution in [2.45, 2.75) is 13.0 Å². The third-order valence-electron chi connectivity index (χ3n) is 7.68. The molecule has 0 bridgehead atoms. The van der Waals surface area contributed by atoms with Crippen molar-refractivity contribution in [3.8, 4) is 0 Å². The molecule has 160 valence electrons. The molecule has 0 saturated carbocycles. The molecule has 0 radical (unpaired) electrons. The second-order valence-electron chi connectivity index (χ2n) is 9.41. The highest BCUT2D eigenvalue weighted by atomic mass is 16.5. The van der Waals surface area contributed by atoms with E-state index in [0.29, 0.717) is 6.61 Å². The van der Waals surface area contributed by atoms with E-state index >= 15 is 0 Å². The lowest BCUT2D eigenvalue weighted by Crippen LogP contribution is -2.25. The molecule has 34 heavy (non-hydrogen) atoms. The topological polar surface area (TPSA) is 26.3 Å². The fourth-order valence-corrected chi connectivity index (χ4v) is 6.28. The lowest BCUT2D eigenvalue weighted by atomic mass is 9.81. The summed E-state index contributed by atoms with van der Waals surface area (Å²) >= 11 is 0. The molecular formula is C32H20O2. The van der Waals surface area contributed by atoms with E-state index < -0.39 is 6.10 Å². The number of ether oxygens (including phenoxy) is 1. The van der Waals surface area contributed by atoms with Crippen molar-refractivity contribution in [3.63, 3.8) is 0 Å². The van der Waals surface area contributed by atoms with Crippen LogP contribution in [0.3, 0.4) is 0 Å². The van der Waals surface area contributed by atoms with Gasteiger partial charge in [-0.3, -0.25) is 4.79 Å². The van der Waals surface area contributed by atoms with Crippen LogP contribution in [0, 0.1) is 0 Å². The number of ketones is 1. The van der Waals surface area contributed by atoms with Crippen LogP contribution in [0.2, 0.25) is 0 Å². The van der Waals surface area contributed by atoms with E-state index in [9.17, 15) is 4.79 Å². The molecule has 1 aliphatic rings. The first-order valence-corrected chi connectivity index (χ1v) is 11.9. The van der Waals surface area contributed by atoms with Gasteiger partial charge in [0.1, 0.15) is 6.10 Å². The average molecular weight is 437 g/mol. The minimum absolute atomic E-state index is 0.0493. The predicted octanol–water partition coefficient (Wildman–Crippen LogP) is 8.10. The molecule has 0 saturated heterocycles. The van der Waals surface area contributed by atoms with Gasteiger partial charge in [0, 0.05) is 12.2 Å². The zero-order chi connectivity index (χ0) is 22.6. The SMILES string of the molecule is CCOC1C=Cc2c(cc3ccc4cc5c6ccccc6cc6ccc7cc2c3c4c7c65)C1=O. The molecule has 0 N–H and O–H groups in total. The maximum absolute atomic E-state index is 13.2. The van der Waals surface area contributed by atoms with E-state index in [-0.39, 0.29) is 5.78 Å². The van der Waals surface area contributed by atoms with Gasteiger partial charge in [-0.15, -0.1) is 0 Å². The van der Waals surface area contributed by atoms with Gasteiger partial charge in [0.15, 0.2) is 5.78 Å². The van der Waals surface area contributed by atoms with E-state index in [1.807, 2.05) is 13.0 Å². The summed E-state index contributed by atoms with van der Waals surface area (Å²) in [6.45, 7) is 2.44. The summed E-state index contributed by atoms with van der Waals surface area (Å²) in [6, 6.07) is 26.6. The number of hydrogen-bond acceptors (Lipinski definition) is 2. The normalized spacial score (nSPS) is 16.3. The highest BCUT2D eigenvalue weighted by Gasteiger charge is 2.27. The number of carbonyl (C=O) groups is 1. The zero-order valence-corrected chi connectivity index (χ0v) is 18.7. The van der Waals surface area contributed by atoms with Gasteiger partial charge in [-0.1, -0.05) is 54.6 Å². The summed E-state index contributed by atoms with van der Waals surface area (Å²) in [7, 11) is 0. The molecule has 7 aromatic carbocycles. The summed E-state index contributed by atoms with van der Waals surface area (Å²) in [5.41, 5.74) is 1.77. The average Bonchev–Trinajstić information content (AvgIpc) is 2.87. The molecule has 8 rings (SSSR count). The van der Waals surface area contributed by atoms with Crippen LogP contribution in [0.25, 0.3) is 70.7 Å². The third kappa shape index (κ3) is 2.17. The number of rotatable bonds is 2. The Morgan fingerprint density at radius 3 is 2.09 bits per heavy atom. The van der Waals surface area contributed by atoms with E-state index in [1.165, 1.54) is 53.9 Å². The molecule has 1 atom stereocenters. The van der Waals surface area contributed by atoms with Crippen LogP contribution in [0.15, 0.2) is 78.9 Å². The van der Waals surface area contributed by atoms with E-state index in [1.54, 1.807) is 0 Å². The van der Waals surface area contributed by atoms with Gasteiger partial charge in [0.25, 0.3) is 0 Å². The first kappa shape index (κ1) is 18.4. The van der Waals surface area contributed by atoms with Crippen molar-refractivity contribution in [1.82, 2.24) is 0 Å². The maximum Gasteiger partial charge on any atom is 0.196 e. The Balaban J connectivity index is 1.60. The van der Waals surface area contributed by atoms with Gasteiger partial charge < -0.3 is 4.74 Å². The second kappa shape index (κ2) is 6.31. The van der Waals surface area contributed by atoms with Gasteiger partial charge in [-0.25, -0.2) is 0 Å². The molecule has 7 aromatic rings. The molecule has 2 heteroatoms. The Morgan fingerprint density at radius 2 is 1.32 bits per heavy atom. The van der Waals surface area contributed by atoms with Crippen LogP contribution < -0.4 is 0 Å². The molecule has 0 spiro atoms. The van der Waals surface area contributed by atoms with Crippen molar-refractivity contribution < 1.29 is 9.53 Å². The maximum atomic E-state index is 13.2. The molecule has 0 aromatic heterocycles. The number of fused-ring (bicyclic) bond motifs is 4. The molecule has 0 amide bonds. The quantitative estimate of drug-likeness (QED) is 0.202. The Morgan fingerprint density at radius 1 is 0.676 bits per heavy atom. The Hall–Kier alpha value is -4.01. The Bertz CT molecular complexity index is 1990. The van der Waals surface area contributed by atoms with Crippen molar-refractivity contribution in [2.24, 2.45) is 0 Å². The van der Waals surface area contributed by atoms with Crippen LogP contribution in [0.5, 0.6) is 0 Å². The van der Waals surface area contributed by atoms with E-state index in [2.05, 4.69) is 78.9 Å². The summed E-state index contributed by atoms with van der Waals surface area (Å²) in [4.78, 5) is 13.2. The van der Waals surface area contributed by atoms with Crippen LogP contribution in [-0.2, 0) is 4.74 Å². The highest BCUT2D eigenvalue weighted by Crippen LogP contribution is 2.47. The molecule has 0 fully saturated rings. The zero-order valence-electron chi connectivity index (χ0n) is 18.7. The molecule has 0 heterocycles. The van der Waals surface area contributed by atoms with Crippen molar-refractivity contribution in [1.29, 1.82) is 0 Å². The van der Waals surface area contributed by atoms with E-state index in [0.717, 1.165) is 21.9 Å². The minimum Gasteiger partial charge on any atom is -0.366 e. The van der Waals surface area contributed by atoms with Crippen LogP contribution in [0.1, 0.15) is 22.8 Å². The number of Topliss-reactive ketones (excluding diaryl/α,β-unsaturated/α-hetero) is 1. The number of benzene rings is 7. The first-order chi connectivity index (χ1) is 16.7. The van der Waals surface area contributed by atoms with Gasteiger partial charge in [-0.05, 0) is 107 Å². The highest BCUT2D eigenvalue weighted by molar-refractivity contribution is 6.39. The Labute approximate surface area is 195 Å². The summed E-state index contributed by atoms with van der Waals surface area (Å²) < 4.78 is 5.69. The first-order valence-electron chi connectivity index (χ1n) is 11.9. The molecule has 1 unspecified atom stereocenters. The van der Waals surface area contributed by atoms with Gasteiger partial charge in [-0.2, -0.15) is 0 Å². The van der Waals surface area contributed by atoms with Crippen molar-refractivity contribution in [2.75, 3.05) is 6.61 Å². The lowest BCUT2D eigenvalue weighted by molar-refractivity contribution is 0.0604. The monoisotopic (exact) mass is 436 g/mol. The van der Waals surface area contributed by atoms with Crippen LogP contribution in [0.4, 0.5) is 0 Å². The summed E-state index contributed by atoms with van der Waals surface area (Å²) in [6.07, 6.45) is 3.49. The molecule has 0 aliphatic heterocycles. The summed E-state index contributed by atoms with van der Waals surface area (Å²) in [5, 5.41) is 15.1.